The maximum atomic E-state index is 5.12. The molecular formula is C10H13BrN2O. The minimum atomic E-state index is 0.585. The highest BCUT2D eigenvalue weighted by Crippen LogP contribution is 2.30. The maximum absolute atomic E-state index is 5.12. The highest BCUT2D eigenvalue weighted by molar-refractivity contribution is 9.10. The van der Waals surface area contributed by atoms with Crippen LogP contribution in [-0.2, 0) is 0 Å². The molecule has 0 aliphatic carbocycles. The Bertz CT molecular complexity index is 324. The molecule has 0 saturated carbocycles. The Labute approximate surface area is 92.0 Å². The summed E-state index contributed by atoms with van der Waals surface area (Å²) in [5.41, 5.74) is 1.29. The zero-order chi connectivity index (χ0) is 9.97. The van der Waals surface area contributed by atoms with Gasteiger partial charge in [0.1, 0.15) is 0 Å². The first-order chi connectivity index (χ1) is 6.81. The molecule has 0 spiro atoms. The molecule has 0 aromatic carbocycles. The van der Waals surface area contributed by atoms with E-state index in [-0.39, 0.29) is 0 Å². The van der Waals surface area contributed by atoms with Crippen molar-refractivity contribution in [3.05, 3.63) is 22.3 Å². The van der Waals surface area contributed by atoms with Crippen molar-refractivity contribution in [2.45, 2.75) is 12.3 Å². The lowest BCUT2D eigenvalue weighted by molar-refractivity contribution is 0.396. The minimum absolute atomic E-state index is 0.585. The van der Waals surface area contributed by atoms with Crippen molar-refractivity contribution < 1.29 is 4.74 Å². The molecule has 4 heteroatoms. The summed E-state index contributed by atoms with van der Waals surface area (Å²) < 4.78 is 6.19. The Kier molecular flexibility index (Phi) is 3.03. The molecule has 1 fully saturated rings. The molecule has 14 heavy (non-hydrogen) atoms. The molecule has 0 radical (unpaired) electrons. The number of rotatable bonds is 2. The zero-order valence-corrected chi connectivity index (χ0v) is 9.67. The first-order valence-electron chi connectivity index (χ1n) is 4.71. The highest BCUT2D eigenvalue weighted by atomic mass is 79.9. The summed E-state index contributed by atoms with van der Waals surface area (Å²) in [6, 6.07) is 2.02. The molecule has 1 aromatic rings. The van der Waals surface area contributed by atoms with Crippen LogP contribution in [0.25, 0.3) is 0 Å². The number of aromatic nitrogens is 1. The normalized spacial score (nSPS) is 21.1. The summed E-state index contributed by atoms with van der Waals surface area (Å²) in [7, 11) is 1.65. The Morgan fingerprint density at radius 1 is 1.64 bits per heavy atom. The van der Waals surface area contributed by atoms with Crippen molar-refractivity contribution in [1.29, 1.82) is 0 Å². The van der Waals surface area contributed by atoms with Gasteiger partial charge in [0, 0.05) is 23.3 Å². The highest BCUT2D eigenvalue weighted by Gasteiger charge is 2.19. The summed E-state index contributed by atoms with van der Waals surface area (Å²) in [6.45, 7) is 2.15. The number of halogens is 1. The fraction of sp³-hybridized carbons (Fsp3) is 0.500. The second kappa shape index (κ2) is 4.28. The fourth-order valence-electron chi connectivity index (χ4n) is 1.78. The molecular weight excluding hydrogens is 244 g/mol. The van der Waals surface area contributed by atoms with E-state index in [1.54, 1.807) is 7.11 Å². The van der Waals surface area contributed by atoms with Crippen molar-refractivity contribution in [3.8, 4) is 5.88 Å². The van der Waals surface area contributed by atoms with Gasteiger partial charge in [-0.1, -0.05) is 0 Å². The van der Waals surface area contributed by atoms with Crippen LogP contribution in [-0.4, -0.2) is 25.2 Å². The molecule has 1 N–H and O–H groups in total. The molecule has 0 amide bonds. The van der Waals surface area contributed by atoms with Gasteiger partial charge in [-0.3, -0.25) is 0 Å². The first-order valence-corrected chi connectivity index (χ1v) is 5.50. The molecule has 1 aliphatic heterocycles. The molecule has 1 aromatic heterocycles. The van der Waals surface area contributed by atoms with Gasteiger partial charge in [0.05, 0.1) is 7.11 Å². The van der Waals surface area contributed by atoms with Gasteiger partial charge < -0.3 is 10.1 Å². The summed E-state index contributed by atoms with van der Waals surface area (Å²) in [4.78, 5) is 4.14. The van der Waals surface area contributed by atoms with Crippen molar-refractivity contribution in [2.75, 3.05) is 20.2 Å². The molecule has 2 heterocycles. The number of nitrogens with zero attached hydrogens (tertiary/aromatic N) is 1. The van der Waals surface area contributed by atoms with Crippen LogP contribution in [0.5, 0.6) is 5.88 Å². The van der Waals surface area contributed by atoms with Crippen LogP contribution in [0, 0.1) is 0 Å². The van der Waals surface area contributed by atoms with E-state index in [1.165, 1.54) is 12.0 Å². The van der Waals surface area contributed by atoms with Gasteiger partial charge in [-0.05, 0) is 40.4 Å². The second-order valence-corrected chi connectivity index (χ2v) is 4.29. The van der Waals surface area contributed by atoms with Crippen molar-refractivity contribution >= 4 is 15.9 Å². The average Bonchev–Trinajstić information content (AvgIpc) is 2.71. The van der Waals surface area contributed by atoms with Gasteiger partial charge in [0.15, 0.2) is 0 Å². The Hall–Kier alpha value is -0.610. The lowest BCUT2D eigenvalue weighted by Crippen LogP contribution is -2.08. The zero-order valence-electron chi connectivity index (χ0n) is 8.09. The number of hydrogen-bond acceptors (Lipinski definition) is 3. The van der Waals surface area contributed by atoms with Gasteiger partial charge in [-0.15, -0.1) is 0 Å². The van der Waals surface area contributed by atoms with E-state index >= 15 is 0 Å². The minimum Gasteiger partial charge on any atom is -0.481 e. The van der Waals surface area contributed by atoms with E-state index in [2.05, 4.69) is 26.2 Å². The third-order valence-electron chi connectivity index (χ3n) is 2.57. The molecule has 3 nitrogen and oxygen atoms in total. The van der Waals surface area contributed by atoms with Crippen LogP contribution in [0.3, 0.4) is 0 Å². The van der Waals surface area contributed by atoms with Crippen LogP contribution in [0.1, 0.15) is 17.9 Å². The number of nitrogens with one attached hydrogen (secondary N) is 1. The maximum Gasteiger partial charge on any atom is 0.213 e. The van der Waals surface area contributed by atoms with E-state index in [0.29, 0.717) is 11.8 Å². The number of pyridine rings is 1. The summed E-state index contributed by atoms with van der Waals surface area (Å²) >= 11 is 3.52. The molecule has 1 atom stereocenters. The number of ether oxygens (including phenoxy) is 1. The molecule has 2 rings (SSSR count). The summed E-state index contributed by atoms with van der Waals surface area (Å²) in [5, 5.41) is 3.35. The standard InChI is InChI=1S/C10H13BrN2O/c1-14-10-4-8(9(11)6-13-10)7-2-3-12-5-7/h4,6-7,12H,2-3,5H2,1H3. The van der Waals surface area contributed by atoms with Crippen LogP contribution in [0.4, 0.5) is 0 Å². The van der Waals surface area contributed by atoms with E-state index in [4.69, 9.17) is 4.74 Å². The van der Waals surface area contributed by atoms with E-state index in [9.17, 15) is 0 Å². The van der Waals surface area contributed by atoms with Gasteiger partial charge >= 0.3 is 0 Å². The predicted molar refractivity (Wildman–Crippen MR) is 58.7 cm³/mol. The van der Waals surface area contributed by atoms with Crippen LogP contribution in [0.15, 0.2) is 16.7 Å². The van der Waals surface area contributed by atoms with E-state index < -0.39 is 0 Å². The third-order valence-corrected chi connectivity index (χ3v) is 3.23. The van der Waals surface area contributed by atoms with Crippen LogP contribution >= 0.6 is 15.9 Å². The second-order valence-electron chi connectivity index (χ2n) is 3.44. The largest absolute Gasteiger partial charge is 0.481 e. The van der Waals surface area contributed by atoms with Crippen molar-refractivity contribution in [2.24, 2.45) is 0 Å². The van der Waals surface area contributed by atoms with Crippen molar-refractivity contribution in [3.63, 3.8) is 0 Å². The molecule has 1 unspecified atom stereocenters. The Morgan fingerprint density at radius 2 is 2.50 bits per heavy atom. The molecule has 1 saturated heterocycles. The van der Waals surface area contributed by atoms with E-state index in [1.807, 2.05) is 12.3 Å². The number of hydrogen-bond donors (Lipinski definition) is 1. The molecule has 1 aliphatic rings. The average molecular weight is 257 g/mol. The first kappa shape index (κ1) is 9.93. The van der Waals surface area contributed by atoms with E-state index in [0.717, 1.165) is 17.6 Å². The lowest BCUT2D eigenvalue weighted by Gasteiger charge is -2.11. The molecule has 0 bridgehead atoms. The van der Waals surface area contributed by atoms with Gasteiger partial charge in [-0.25, -0.2) is 4.98 Å². The smallest absolute Gasteiger partial charge is 0.213 e. The summed E-state index contributed by atoms with van der Waals surface area (Å²) in [5.74, 6) is 1.27. The molecule has 76 valence electrons. The fourth-order valence-corrected chi connectivity index (χ4v) is 2.32. The van der Waals surface area contributed by atoms with Gasteiger partial charge in [0.2, 0.25) is 5.88 Å². The quantitative estimate of drug-likeness (QED) is 0.879. The lowest BCUT2D eigenvalue weighted by atomic mass is 10.00. The van der Waals surface area contributed by atoms with Crippen LogP contribution in [0.2, 0.25) is 0 Å². The van der Waals surface area contributed by atoms with Crippen molar-refractivity contribution in [1.82, 2.24) is 10.3 Å². The van der Waals surface area contributed by atoms with Crippen LogP contribution < -0.4 is 10.1 Å². The third kappa shape index (κ3) is 1.91. The predicted octanol–water partition coefficient (Wildman–Crippen LogP) is 1.93. The summed E-state index contributed by atoms with van der Waals surface area (Å²) in [6.07, 6.45) is 3.00. The van der Waals surface area contributed by atoms with Gasteiger partial charge in [0.25, 0.3) is 0 Å². The number of methoxy groups -OCH3 is 1. The Balaban J connectivity index is 2.29. The topological polar surface area (TPSA) is 34.1 Å². The monoisotopic (exact) mass is 256 g/mol. The van der Waals surface area contributed by atoms with Gasteiger partial charge in [-0.2, -0.15) is 0 Å². The SMILES string of the molecule is COc1cc(C2CCNC2)c(Br)cn1. The Morgan fingerprint density at radius 3 is 3.14 bits per heavy atom.